The van der Waals surface area contributed by atoms with E-state index in [1.807, 2.05) is 6.92 Å². The summed E-state index contributed by atoms with van der Waals surface area (Å²) in [5.41, 5.74) is 0. The zero-order chi connectivity index (χ0) is 31.8. The molecule has 0 aromatic rings. The van der Waals surface area contributed by atoms with Crippen molar-refractivity contribution < 1.29 is 37.0 Å². The predicted molar refractivity (Wildman–Crippen MR) is 167 cm³/mol. The first kappa shape index (κ1) is 37.2. The summed E-state index contributed by atoms with van der Waals surface area (Å²) >= 11 is 0. The zero-order valence-corrected chi connectivity index (χ0v) is 27.7. The van der Waals surface area contributed by atoms with Crippen LogP contribution in [0.1, 0.15) is 162 Å². The Labute approximate surface area is 265 Å². The summed E-state index contributed by atoms with van der Waals surface area (Å²) in [6.07, 6.45) is 15.1. The first-order chi connectivity index (χ1) is 21.2. The Kier molecular flexibility index (Phi) is 16.9. The molecule has 0 aromatic heterocycles. The van der Waals surface area contributed by atoms with E-state index < -0.39 is 18.2 Å². The molecule has 256 valence electrons. The highest BCUT2D eigenvalue weighted by Crippen LogP contribution is 2.44. The highest BCUT2D eigenvalue weighted by atomic mass is 19.4. The van der Waals surface area contributed by atoms with Crippen LogP contribution in [0.2, 0.25) is 0 Å². The second-order valence-corrected chi connectivity index (χ2v) is 14.1. The number of rotatable bonds is 19. The van der Waals surface area contributed by atoms with Gasteiger partial charge in [-0.05, 0) is 108 Å². The highest BCUT2D eigenvalue weighted by molar-refractivity contribution is 5.72. The fourth-order valence-electron chi connectivity index (χ4n) is 7.71. The first-order valence-electron chi connectivity index (χ1n) is 18.3. The Morgan fingerprint density at radius 1 is 0.727 bits per heavy atom. The van der Waals surface area contributed by atoms with E-state index in [-0.39, 0.29) is 36.8 Å². The third-order valence-electron chi connectivity index (χ3n) is 10.5. The maximum absolute atomic E-state index is 13.2. The molecule has 0 radical (unpaired) electrons. The van der Waals surface area contributed by atoms with Gasteiger partial charge in [-0.25, -0.2) is 0 Å². The molecule has 0 saturated heterocycles. The fourth-order valence-corrected chi connectivity index (χ4v) is 7.71. The molecule has 0 spiro atoms. The molecule has 3 rings (SSSR count). The molecule has 5 unspecified atom stereocenters. The molecule has 3 aliphatic rings. The zero-order valence-electron chi connectivity index (χ0n) is 27.7. The van der Waals surface area contributed by atoms with Gasteiger partial charge in [0.25, 0.3) is 0 Å². The number of carbonyl (C=O) groups is 2. The first-order valence-corrected chi connectivity index (χ1v) is 18.3. The van der Waals surface area contributed by atoms with Crippen molar-refractivity contribution in [1.82, 2.24) is 0 Å². The number of alkyl halides is 3. The van der Waals surface area contributed by atoms with Gasteiger partial charge in [-0.2, -0.15) is 13.2 Å². The Hall–Kier alpha value is -1.31. The van der Waals surface area contributed by atoms with Crippen molar-refractivity contribution in [2.75, 3.05) is 6.61 Å². The average Bonchev–Trinajstić information content (AvgIpc) is 3.01. The molecule has 0 aromatic carbocycles. The van der Waals surface area contributed by atoms with Crippen molar-refractivity contribution in [2.24, 2.45) is 23.7 Å². The minimum atomic E-state index is -4.52. The molecule has 3 saturated carbocycles. The van der Waals surface area contributed by atoms with Gasteiger partial charge < -0.3 is 14.2 Å². The van der Waals surface area contributed by atoms with Crippen molar-refractivity contribution in [3.8, 4) is 0 Å². The number of unbranched alkanes of at least 4 members (excludes halogenated alkanes) is 8. The van der Waals surface area contributed by atoms with Gasteiger partial charge in [0.15, 0.2) is 6.10 Å². The van der Waals surface area contributed by atoms with Gasteiger partial charge in [0.05, 0.1) is 12.0 Å². The molecule has 8 heteroatoms. The molecule has 0 amide bonds. The van der Waals surface area contributed by atoms with Crippen LogP contribution < -0.4 is 0 Å². The number of esters is 2. The van der Waals surface area contributed by atoms with E-state index in [9.17, 15) is 22.8 Å². The van der Waals surface area contributed by atoms with E-state index in [1.54, 1.807) is 0 Å². The van der Waals surface area contributed by atoms with E-state index >= 15 is 0 Å². The minimum Gasteiger partial charge on any atom is -0.462 e. The average molecular weight is 631 g/mol. The number of ether oxygens (including phenoxy) is 3. The highest BCUT2D eigenvalue weighted by Gasteiger charge is 2.42. The van der Waals surface area contributed by atoms with E-state index in [2.05, 4.69) is 6.92 Å². The standard InChI is InChI=1S/C36H61F3O5/c1-3-5-7-8-9-10-11-12-24-42-32-22-19-28-25-30(18-17-29(28)26-32)35(41)43-31-20-14-27(15-21-31)16-23-34(40)44-33(13-6-4-2)36(37,38)39/h27-33H,3-26H2,1-2H3. The molecule has 44 heavy (non-hydrogen) atoms. The summed E-state index contributed by atoms with van der Waals surface area (Å²) in [6, 6.07) is 0. The summed E-state index contributed by atoms with van der Waals surface area (Å²) in [5.74, 6) is 0.689. The molecule has 5 atom stereocenters. The quantitative estimate of drug-likeness (QED) is 0.105. The molecule has 5 nitrogen and oxygen atoms in total. The second kappa shape index (κ2) is 20.0. The summed E-state index contributed by atoms with van der Waals surface area (Å²) < 4.78 is 56.5. The largest absolute Gasteiger partial charge is 0.462 e. The lowest BCUT2D eigenvalue weighted by atomic mass is 9.67. The number of hydrogen-bond donors (Lipinski definition) is 0. The van der Waals surface area contributed by atoms with Crippen LogP contribution in [-0.4, -0.2) is 43.0 Å². The second-order valence-electron chi connectivity index (χ2n) is 14.1. The van der Waals surface area contributed by atoms with Crippen LogP contribution in [0.5, 0.6) is 0 Å². The monoisotopic (exact) mass is 630 g/mol. The van der Waals surface area contributed by atoms with Crippen LogP contribution in [0.15, 0.2) is 0 Å². The Morgan fingerprint density at radius 2 is 1.34 bits per heavy atom. The molecular formula is C36H61F3O5. The minimum absolute atomic E-state index is 0.00352. The Bertz CT molecular complexity index is 810. The SMILES string of the molecule is CCCCCCCCCCOC1CCC2CC(C(=O)OC3CCC(CCC(=O)OC(CCCC)C(F)(F)F)CC3)CCC2C1. The molecule has 0 heterocycles. The van der Waals surface area contributed by atoms with Gasteiger partial charge >= 0.3 is 18.1 Å². The van der Waals surface area contributed by atoms with Gasteiger partial charge in [0.2, 0.25) is 0 Å². The molecular weight excluding hydrogens is 569 g/mol. The van der Waals surface area contributed by atoms with Crippen molar-refractivity contribution in [1.29, 1.82) is 0 Å². The number of carbonyl (C=O) groups excluding carboxylic acids is 2. The van der Waals surface area contributed by atoms with Crippen LogP contribution in [0.25, 0.3) is 0 Å². The van der Waals surface area contributed by atoms with Crippen molar-refractivity contribution in [3.63, 3.8) is 0 Å². The Morgan fingerprint density at radius 3 is 2.02 bits per heavy atom. The van der Waals surface area contributed by atoms with Crippen LogP contribution in [-0.2, 0) is 23.8 Å². The predicted octanol–water partition coefficient (Wildman–Crippen LogP) is 10.3. The van der Waals surface area contributed by atoms with Crippen molar-refractivity contribution in [3.05, 3.63) is 0 Å². The van der Waals surface area contributed by atoms with Crippen LogP contribution in [0.4, 0.5) is 13.2 Å². The summed E-state index contributed by atoms with van der Waals surface area (Å²) in [5, 5.41) is 0. The van der Waals surface area contributed by atoms with Gasteiger partial charge in [-0.1, -0.05) is 65.2 Å². The smallest absolute Gasteiger partial charge is 0.425 e. The molecule has 0 aliphatic heterocycles. The fraction of sp³-hybridized carbons (Fsp3) is 0.944. The number of fused-ring (bicyclic) bond motifs is 1. The van der Waals surface area contributed by atoms with Crippen molar-refractivity contribution >= 4 is 11.9 Å². The lowest BCUT2D eigenvalue weighted by molar-refractivity contribution is -0.223. The lowest BCUT2D eigenvalue weighted by Gasteiger charge is -2.41. The summed E-state index contributed by atoms with van der Waals surface area (Å²) in [4.78, 5) is 25.2. The molecule has 3 fully saturated rings. The normalized spacial score (nSPS) is 28.2. The Balaban J connectivity index is 1.25. The van der Waals surface area contributed by atoms with Crippen LogP contribution in [0, 0.1) is 23.7 Å². The third kappa shape index (κ3) is 13.6. The van der Waals surface area contributed by atoms with E-state index in [4.69, 9.17) is 14.2 Å². The lowest BCUT2D eigenvalue weighted by Crippen LogP contribution is -2.37. The van der Waals surface area contributed by atoms with Gasteiger partial charge in [0, 0.05) is 13.0 Å². The molecule has 0 N–H and O–H groups in total. The summed E-state index contributed by atoms with van der Waals surface area (Å²) in [7, 11) is 0. The maximum Gasteiger partial charge on any atom is 0.425 e. The third-order valence-corrected chi connectivity index (χ3v) is 10.5. The molecule has 3 aliphatic carbocycles. The topological polar surface area (TPSA) is 61.8 Å². The van der Waals surface area contributed by atoms with Gasteiger partial charge in [-0.3, -0.25) is 9.59 Å². The number of hydrogen-bond acceptors (Lipinski definition) is 5. The van der Waals surface area contributed by atoms with Gasteiger partial charge in [0.1, 0.15) is 6.10 Å². The maximum atomic E-state index is 13.2. The van der Waals surface area contributed by atoms with Crippen LogP contribution in [0.3, 0.4) is 0 Å². The van der Waals surface area contributed by atoms with E-state index in [0.29, 0.717) is 37.2 Å². The van der Waals surface area contributed by atoms with Crippen molar-refractivity contribution in [2.45, 2.75) is 186 Å². The van der Waals surface area contributed by atoms with Gasteiger partial charge in [-0.15, -0.1) is 0 Å². The molecule has 0 bridgehead atoms. The number of halogens is 3. The van der Waals surface area contributed by atoms with E-state index in [0.717, 1.165) is 70.8 Å². The van der Waals surface area contributed by atoms with E-state index in [1.165, 1.54) is 51.4 Å². The summed E-state index contributed by atoms with van der Waals surface area (Å²) in [6.45, 7) is 4.96. The van der Waals surface area contributed by atoms with Crippen LogP contribution >= 0.6 is 0 Å².